The van der Waals surface area contributed by atoms with Gasteiger partial charge in [-0.2, -0.15) is 0 Å². The number of carbonyl (C=O) groups is 1. The van der Waals surface area contributed by atoms with Crippen LogP contribution < -0.4 is 14.8 Å². The van der Waals surface area contributed by atoms with Crippen LogP contribution in [0.15, 0.2) is 36.4 Å². The Morgan fingerprint density at radius 3 is 2.50 bits per heavy atom. The van der Waals surface area contributed by atoms with Crippen molar-refractivity contribution in [1.29, 1.82) is 0 Å². The van der Waals surface area contributed by atoms with Crippen molar-refractivity contribution in [2.75, 3.05) is 13.7 Å². The minimum Gasteiger partial charge on any atom is -0.496 e. The van der Waals surface area contributed by atoms with Crippen LogP contribution >= 0.6 is 0 Å². The van der Waals surface area contributed by atoms with Crippen LogP contribution in [0, 0.1) is 20.8 Å². The van der Waals surface area contributed by atoms with E-state index in [1.165, 1.54) is 5.56 Å². The Labute approximate surface area is 143 Å². The van der Waals surface area contributed by atoms with Crippen molar-refractivity contribution in [2.24, 2.45) is 0 Å². The molecule has 24 heavy (non-hydrogen) atoms. The van der Waals surface area contributed by atoms with Gasteiger partial charge in [-0.1, -0.05) is 29.8 Å². The third-order valence-electron chi connectivity index (χ3n) is 3.88. The summed E-state index contributed by atoms with van der Waals surface area (Å²) < 4.78 is 11.0. The van der Waals surface area contributed by atoms with E-state index in [0.717, 1.165) is 28.2 Å². The van der Waals surface area contributed by atoms with Crippen LogP contribution in [0.3, 0.4) is 0 Å². The minimum atomic E-state index is -0.0284. The fraction of sp³-hybridized carbons (Fsp3) is 0.350. The molecule has 0 saturated carbocycles. The monoisotopic (exact) mass is 327 g/mol. The lowest BCUT2D eigenvalue weighted by molar-refractivity contribution is -0.121. The number of rotatable bonds is 7. The first-order chi connectivity index (χ1) is 11.5. The molecule has 1 amide bonds. The Kier molecular flexibility index (Phi) is 6.24. The third kappa shape index (κ3) is 5.01. The van der Waals surface area contributed by atoms with E-state index < -0.39 is 0 Å². The number of hydrogen-bond donors (Lipinski definition) is 1. The zero-order valence-electron chi connectivity index (χ0n) is 14.8. The molecule has 2 aromatic carbocycles. The molecule has 0 atom stereocenters. The molecule has 0 aromatic heterocycles. The highest BCUT2D eigenvalue weighted by Crippen LogP contribution is 2.19. The molecule has 1 N–H and O–H groups in total. The number of nitrogens with one attached hydrogen (secondary N) is 1. The van der Waals surface area contributed by atoms with E-state index in [4.69, 9.17) is 9.47 Å². The molecule has 0 bridgehead atoms. The largest absolute Gasteiger partial charge is 0.496 e. The van der Waals surface area contributed by atoms with Gasteiger partial charge in [0, 0.05) is 6.54 Å². The molecule has 0 heterocycles. The average Bonchev–Trinajstić information content (AvgIpc) is 2.56. The summed E-state index contributed by atoms with van der Waals surface area (Å²) in [6.07, 6.45) is 0.330. The lowest BCUT2D eigenvalue weighted by atomic mass is 10.1. The van der Waals surface area contributed by atoms with Crippen molar-refractivity contribution in [1.82, 2.24) is 5.32 Å². The van der Waals surface area contributed by atoms with Gasteiger partial charge in [-0.3, -0.25) is 4.79 Å². The number of benzene rings is 2. The Morgan fingerprint density at radius 2 is 1.79 bits per heavy atom. The second-order valence-electron chi connectivity index (χ2n) is 5.95. The number of hydrogen-bond acceptors (Lipinski definition) is 3. The van der Waals surface area contributed by atoms with E-state index in [0.29, 0.717) is 19.6 Å². The maximum atomic E-state index is 11.9. The first-order valence-electron chi connectivity index (χ1n) is 8.10. The van der Waals surface area contributed by atoms with Crippen LogP contribution in [-0.4, -0.2) is 19.6 Å². The van der Waals surface area contributed by atoms with Crippen molar-refractivity contribution in [3.63, 3.8) is 0 Å². The molecule has 4 heteroatoms. The molecule has 128 valence electrons. The van der Waals surface area contributed by atoms with Crippen LogP contribution in [-0.2, 0) is 11.3 Å². The summed E-state index contributed by atoms with van der Waals surface area (Å²) in [5, 5.41) is 2.91. The zero-order chi connectivity index (χ0) is 17.5. The van der Waals surface area contributed by atoms with Gasteiger partial charge in [0.2, 0.25) is 5.91 Å². The molecule has 2 rings (SSSR count). The Morgan fingerprint density at radius 1 is 1.00 bits per heavy atom. The Balaban J connectivity index is 1.77. The predicted molar refractivity (Wildman–Crippen MR) is 95.6 cm³/mol. The lowest BCUT2D eigenvalue weighted by Gasteiger charge is -2.11. The summed E-state index contributed by atoms with van der Waals surface area (Å²) in [5.41, 5.74) is 4.38. The standard InChI is InChI=1S/C20H25NO3/c1-14-5-8-18(16(3)11-14)24-10-9-20(22)21-13-17-7-6-15(2)19(12-17)23-4/h5-8,11-12H,9-10,13H2,1-4H3,(H,21,22). The summed E-state index contributed by atoms with van der Waals surface area (Å²) in [6, 6.07) is 11.9. The summed E-state index contributed by atoms with van der Waals surface area (Å²) in [6.45, 7) is 6.90. The highest BCUT2D eigenvalue weighted by molar-refractivity contribution is 5.76. The van der Waals surface area contributed by atoms with Crippen LogP contribution in [0.5, 0.6) is 11.5 Å². The van der Waals surface area contributed by atoms with Crippen molar-refractivity contribution in [3.05, 3.63) is 58.7 Å². The number of methoxy groups -OCH3 is 1. The normalized spacial score (nSPS) is 10.3. The molecule has 2 aromatic rings. The smallest absolute Gasteiger partial charge is 0.223 e. The summed E-state index contributed by atoms with van der Waals surface area (Å²) >= 11 is 0. The van der Waals surface area contributed by atoms with Crippen molar-refractivity contribution < 1.29 is 14.3 Å². The summed E-state index contributed by atoms with van der Waals surface area (Å²) in [4.78, 5) is 11.9. The van der Waals surface area contributed by atoms with Gasteiger partial charge >= 0.3 is 0 Å². The highest BCUT2D eigenvalue weighted by Gasteiger charge is 2.05. The van der Waals surface area contributed by atoms with E-state index in [1.807, 2.05) is 51.1 Å². The van der Waals surface area contributed by atoms with Gasteiger partial charge in [0.05, 0.1) is 20.1 Å². The van der Waals surface area contributed by atoms with E-state index in [2.05, 4.69) is 11.4 Å². The second kappa shape index (κ2) is 8.39. The van der Waals surface area contributed by atoms with Gasteiger partial charge in [0.25, 0.3) is 0 Å². The molecular formula is C20H25NO3. The summed E-state index contributed by atoms with van der Waals surface area (Å²) in [7, 11) is 1.65. The van der Waals surface area contributed by atoms with Gasteiger partial charge < -0.3 is 14.8 Å². The van der Waals surface area contributed by atoms with Crippen molar-refractivity contribution >= 4 is 5.91 Å². The van der Waals surface area contributed by atoms with Gasteiger partial charge in [-0.15, -0.1) is 0 Å². The Bertz CT molecular complexity index is 710. The first-order valence-corrected chi connectivity index (χ1v) is 8.10. The third-order valence-corrected chi connectivity index (χ3v) is 3.88. The van der Waals surface area contributed by atoms with Gasteiger partial charge in [0.15, 0.2) is 0 Å². The van der Waals surface area contributed by atoms with E-state index >= 15 is 0 Å². The first kappa shape index (κ1) is 17.9. The lowest BCUT2D eigenvalue weighted by Crippen LogP contribution is -2.24. The van der Waals surface area contributed by atoms with Gasteiger partial charge in [-0.05, 0) is 49.6 Å². The van der Waals surface area contributed by atoms with Crippen molar-refractivity contribution in [2.45, 2.75) is 33.7 Å². The second-order valence-corrected chi connectivity index (χ2v) is 5.95. The molecule has 0 aliphatic rings. The van der Waals surface area contributed by atoms with Crippen LogP contribution in [0.2, 0.25) is 0 Å². The number of carbonyl (C=O) groups excluding carboxylic acids is 1. The molecule has 4 nitrogen and oxygen atoms in total. The van der Waals surface area contributed by atoms with E-state index in [1.54, 1.807) is 7.11 Å². The molecule has 0 unspecified atom stereocenters. The fourth-order valence-corrected chi connectivity index (χ4v) is 2.48. The number of aryl methyl sites for hydroxylation is 3. The SMILES string of the molecule is COc1cc(CNC(=O)CCOc2ccc(C)cc2C)ccc1C. The average molecular weight is 327 g/mol. The number of amides is 1. The van der Waals surface area contributed by atoms with Crippen LogP contribution in [0.4, 0.5) is 0 Å². The Hall–Kier alpha value is -2.49. The predicted octanol–water partition coefficient (Wildman–Crippen LogP) is 3.71. The molecule has 0 spiro atoms. The van der Waals surface area contributed by atoms with E-state index in [9.17, 15) is 4.79 Å². The molecule has 0 fully saturated rings. The van der Waals surface area contributed by atoms with Crippen LogP contribution in [0.1, 0.15) is 28.7 Å². The topological polar surface area (TPSA) is 47.6 Å². The van der Waals surface area contributed by atoms with Crippen molar-refractivity contribution in [3.8, 4) is 11.5 Å². The minimum absolute atomic E-state index is 0.0284. The van der Waals surface area contributed by atoms with Crippen LogP contribution in [0.25, 0.3) is 0 Å². The fourth-order valence-electron chi connectivity index (χ4n) is 2.48. The molecule has 0 radical (unpaired) electrons. The van der Waals surface area contributed by atoms with E-state index in [-0.39, 0.29) is 5.91 Å². The molecule has 0 aliphatic heterocycles. The van der Waals surface area contributed by atoms with Gasteiger partial charge in [-0.25, -0.2) is 0 Å². The number of ether oxygens (including phenoxy) is 2. The molecule has 0 aliphatic carbocycles. The zero-order valence-corrected chi connectivity index (χ0v) is 14.8. The maximum Gasteiger partial charge on any atom is 0.223 e. The quantitative estimate of drug-likeness (QED) is 0.843. The summed E-state index contributed by atoms with van der Waals surface area (Å²) in [5.74, 6) is 1.64. The maximum absolute atomic E-state index is 11.9. The van der Waals surface area contributed by atoms with Gasteiger partial charge in [0.1, 0.15) is 11.5 Å². The molecule has 0 saturated heterocycles. The molecular weight excluding hydrogens is 302 g/mol. The highest BCUT2D eigenvalue weighted by atomic mass is 16.5.